The number of hydrogen-bond donors (Lipinski definition) is 1. The number of amides is 1. The Balaban J connectivity index is 1.29. The molecule has 7 heteroatoms. The minimum atomic E-state index is -0.424. The lowest BCUT2D eigenvalue weighted by Crippen LogP contribution is -2.50. The Labute approximate surface area is 188 Å². The summed E-state index contributed by atoms with van der Waals surface area (Å²) in [5.41, 5.74) is 0.102. The molecule has 2 saturated heterocycles. The first-order chi connectivity index (χ1) is 15.5. The summed E-state index contributed by atoms with van der Waals surface area (Å²) in [5.74, 6) is 0.932. The molecule has 1 atom stereocenters. The normalized spacial score (nSPS) is 28.4. The molecule has 2 aromatic rings. The molecule has 1 spiro atoms. The summed E-state index contributed by atoms with van der Waals surface area (Å²) in [7, 11) is 0. The predicted octanol–water partition coefficient (Wildman–Crippen LogP) is 4.14. The molecule has 0 radical (unpaired) electrons. The maximum Gasteiger partial charge on any atom is 0.230 e. The van der Waals surface area contributed by atoms with Gasteiger partial charge in [-0.1, -0.05) is 0 Å². The maximum absolute atomic E-state index is 15.1. The van der Waals surface area contributed by atoms with Crippen molar-refractivity contribution in [3.8, 4) is 11.5 Å². The smallest absolute Gasteiger partial charge is 0.230 e. The summed E-state index contributed by atoms with van der Waals surface area (Å²) in [5, 5.41) is 9.81. The van der Waals surface area contributed by atoms with Crippen LogP contribution in [-0.2, 0) is 4.79 Å². The van der Waals surface area contributed by atoms with E-state index in [1.807, 2.05) is 4.90 Å². The average Bonchev–Trinajstić information content (AvgIpc) is 3.10. The van der Waals surface area contributed by atoms with Gasteiger partial charge in [0, 0.05) is 44.1 Å². The number of piperidine rings is 1. The van der Waals surface area contributed by atoms with Crippen molar-refractivity contribution in [1.82, 2.24) is 9.88 Å². The van der Waals surface area contributed by atoms with Crippen LogP contribution < -0.4 is 9.64 Å². The predicted molar refractivity (Wildman–Crippen MR) is 119 cm³/mol. The van der Waals surface area contributed by atoms with Crippen molar-refractivity contribution in [1.29, 1.82) is 0 Å². The number of aromatic nitrogens is 1. The summed E-state index contributed by atoms with van der Waals surface area (Å²) in [6, 6.07) is 8.63. The van der Waals surface area contributed by atoms with E-state index in [-0.39, 0.29) is 23.9 Å². The van der Waals surface area contributed by atoms with Crippen molar-refractivity contribution < 1.29 is 19.0 Å². The van der Waals surface area contributed by atoms with Gasteiger partial charge < -0.3 is 19.6 Å². The number of nitrogens with zero attached hydrogens (tertiary/aromatic N) is 3. The highest BCUT2D eigenvalue weighted by atomic mass is 19.1. The molecule has 6 nitrogen and oxygen atoms in total. The zero-order valence-corrected chi connectivity index (χ0v) is 18.3. The second kappa shape index (κ2) is 8.70. The van der Waals surface area contributed by atoms with Gasteiger partial charge in [0.15, 0.2) is 0 Å². The summed E-state index contributed by atoms with van der Waals surface area (Å²) in [6.07, 6.45) is 8.88. The molecule has 1 aromatic heterocycles. The molecule has 170 valence electrons. The first-order valence-corrected chi connectivity index (χ1v) is 11.7. The van der Waals surface area contributed by atoms with Crippen LogP contribution in [0.5, 0.6) is 11.5 Å². The van der Waals surface area contributed by atoms with E-state index < -0.39 is 5.41 Å². The lowest BCUT2D eigenvalue weighted by molar-refractivity contribution is -0.139. The number of anilines is 1. The van der Waals surface area contributed by atoms with Crippen LogP contribution in [0.1, 0.15) is 44.9 Å². The Morgan fingerprint density at radius 2 is 1.81 bits per heavy atom. The number of rotatable bonds is 4. The van der Waals surface area contributed by atoms with Gasteiger partial charge in [-0.2, -0.15) is 0 Å². The molecule has 3 aliphatic rings. The van der Waals surface area contributed by atoms with Crippen molar-refractivity contribution >= 4 is 11.6 Å². The summed E-state index contributed by atoms with van der Waals surface area (Å²) in [4.78, 5) is 21.5. The third kappa shape index (κ3) is 4.06. The molecule has 3 fully saturated rings. The van der Waals surface area contributed by atoms with E-state index in [1.165, 1.54) is 6.07 Å². The van der Waals surface area contributed by atoms with Crippen molar-refractivity contribution in [3.05, 3.63) is 48.5 Å². The highest BCUT2D eigenvalue weighted by Gasteiger charge is 2.50. The van der Waals surface area contributed by atoms with E-state index in [2.05, 4.69) is 9.88 Å². The molecule has 2 aliphatic heterocycles. The van der Waals surface area contributed by atoms with Crippen molar-refractivity contribution in [2.24, 2.45) is 5.41 Å². The first kappa shape index (κ1) is 21.2. The van der Waals surface area contributed by atoms with Gasteiger partial charge in [0.25, 0.3) is 0 Å². The molecule has 0 bridgehead atoms. The van der Waals surface area contributed by atoms with Crippen LogP contribution in [0.15, 0.2) is 42.7 Å². The molecular weight excluding hydrogens is 409 g/mol. The first-order valence-electron chi connectivity index (χ1n) is 11.7. The second-order valence-corrected chi connectivity index (χ2v) is 9.41. The molecule has 32 heavy (non-hydrogen) atoms. The number of aliphatic hydroxyl groups is 1. The fourth-order valence-corrected chi connectivity index (χ4v) is 5.63. The third-order valence-corrected chi connectivity index (χ3v) is 7.37. The van der Waals surface area contributed by atoms with Gasteiger partial charge in [-0.25, -0.2) is 4.39 Å². The van der Waals surface area contributed by atoms with E-state index in [0.29, 0.717) is 23.7 Å². The summed E-state index contributed by atoms with van der Waals surface area (Å²) < 4.78 is 20.8. The lowest BCUT2D eigenvalue weighted by atomic mass is 9.78. The highest BCUT2D eigenvalue weighted by molar-refractivity contribution is 5.86. The number of likely N-dealkylation sites (tertiary alicyclic amines) is 1. The fraction of sp³-hybridized carbons (Fsp3) is 0.520. The molecule has 5 rings (SSSR count). The van der Waals surface area contributed by atoms with Gasteiger partial charge in [-0.15, -0.1) is 0 Å². The van der Waals surface area contributed by atoms with Crippen LogP contribution in [0.2, 0.25) is 0 Å². The van der Waals surface area contributed by atoms with Gasteiger partial charge in [0.2, 0.25) is 5.91 Å². The largest absolute Gasteiger partial charge is 0.457 e. The maximum atomic E-state index is 15.1. The Bertz CT molecular complexity index is 964. The highest BCUT2D eigenvalue weighted by Crippen LogP contribution is 2.44. The molecule has 1 aliphatic carbocycles. The summed E-state index contributed by atoms with van der Waals surface area (Å²) in [6.45, 7) is 2.07. The Hall–Kier alpha value is -2.67. The Kier molecular flexibility index (Phi) is 5.76. The fourth-order valence-electron chi connectivity index (χ4n) is 5.63. The standard InChI is InChI=1S/C25H30FN3O3/c26-22-16-21(32-20-8-12-27-13-9-20)6-7-23(22)28-14-1-10-25(17-28)11-15-29(24(25)31)18-2-4-19(30)5-3-18/h6-9,12-13,16,18-19,30H,1-5,10-11,14-15,17H2/t18?,19?,25-/m0/s1. The lowest BCUT2D eigenvalue weighted by Gasteiger charge is -2.41. The van der Waals surface area contributed by atoms with E-state index in [1.54, 1.807) is 36.7 Å². The molecule has 1 N–H and O–H groups in total. The zero-order valence-electron chi connectivity index (χ0n) is 18.3. The number of aliphatic hydroxyl groups excluding tert-OH is 1. The van der Waals surface area contributed by atoms with E-state index in [4.69, 9.17) is 4.74 Å². The molecule has 1 aromatic carbocycles. The van der Waals surface area contributed by atoms with Gasteiger partial charge in [-0.05, 0) is 69.2 Å². The molecular formula is C25H30FN3O3. The van der Waals surface area contributed by atoms with Crippen LogP contribution in [0, 0.1) is 11.2 Å². The number of carbonyl (C=O) groups excluding carboxylic acids is 1. The van der Waals surface area contributed by atoms with Crippen LogP contribution in [0.25, 0.3) is 0 Å². The number of halogens is 1. The quantitative estimate of drug-likeness (QED) is 0.776. The molecule has 0 unspecified atom stereocenters. The Morgan fingerprint density at radius 3 is 2.56 bits per heavy atom. The SMILES string of the molecule is O=C1N(C2CCC(O)CC2)CC[C@]12CCCN(c1ccc(Oc3ccncc3)cc1F)C2. The number of pyridine rings is 1. The number of ether oxygens (including phenoxy) is 1. The molecule has 1 saturated carbocycles. The Morgan fingerprint density at radius 1 is 1.03 bits per heavy atom. The zero-order chi connectivity index (χ0) is 22.1. The number of benzene rings is 1. The van der Waals surface area contributed by atoms with Crippen LogP contribution >= 0.6 is 0 Å². The van der Waals surface area contributed by atoms with Gasteiger partial charge in [0.05, 0.1) is 17.2 Å². The van der Waals surface area contributed by atoms with Crippen LogP contribution in [-0.4, -0.2) is 52.7 Å². The van der Waals surface area contributed by atoms with Crippen LogP contribution in [0.3, 0.4) is 0 Å². The van der Waals surface area contributed by atoms with E-state index in [0.717, 1.165) is 58.0 Å². The van der Waals surface area contributed by atoms with E-state index in [9.17, 15) is 9.90 Å². The van der Waals surface area contributed by atoms with Crippen LogP contribution in [0.4, 0.5) is 10.1 Å². The van der Waals surface area contributed by atoms with Gasteiger partial charge in [-0.3, -0.25) is 9.78 Å². The van der Waals surface area contributed by atoms with Gasteiger partial charge in [0.1, 0.15) is 17.3 Å². The van der Waals surface area contributed by atoms with Gasteiger partial charge >= 0.3 is 0 Å². The number of carbonyl (C=O) groups is 1. The minimum Gasteiger partial charge on any atom is -0.457 e. The van der Waals surface area contributed by atoms with Crippen molar-refractivity contribution in [2.75, 3.05) is 24.5 Å². The number of hydrogen-bond acceptors (Lipinski definition) is 5. The van der Waals surface area contributed by atoms with Crippen molar-refractivity contribution in [3.63, 3.8) is 0 Å². The monoisotopic (exact) mass is 439 g/mol. The summed E-state index contributed by atoms with van der Waals surface area (Å²) >= 11 is 0. The topological polar surface area (TPSA) is 65.9 Å². The molecule has 1 amide bonds. The second-order valence-electron chi connectivity index (χ2n) is 9.41. The minimum absolute atomic E-state index is 0.224. The van der Waals surface area contributed by atoms with E-state index >= 15 is 4.39 Å². The van der Waals surface area contributed by atoms with Crippen molar-refractivity contribution in [2.45, 2.75) is 57.1 Å². The third-order valence-electron chi connectivity index (χ3n) is 7.37. The average molecular weight is 440 g/mol. The molecule has 3 heterocycles.